The molecule has 12 heteroatoms. The maximum Gasteiger partial charge on any atom is 0.407 e. The Hall–Kier alpha value is -5.23. The number of ether oxygens (including phenoxy) is 1. The standard InChI is InChI=1S/C31H35N5O7/c32-25(13-7-8-16-34-31(42)43-19-20-9-3-1-4-10-20)30(41)35-22-14-15-23(24(17-22)21-11-5-2-6-12-21)29(40)36-26(28(33)39)18-27(37)38/h1-6,9-12,14-15,17,25-26H,7-8,13,16,18-19,32H2,(H2,33,39)(H,34,42)(H,35,41)(H,36,40)(H,37,38). The molecule has 4 amide bonds. The molecule has 3 aromatic rings. The lowest BCUT2D eigenvalue weighted by Crippen LogP contribution is -2.45. The highest BCUT2D eigenvalue weighted by Crippen LogP contribution is 2.27. The van der Waals surface area contributed by atoms with Crippen LogP contribution in [0.5, 0.6) is 0 Å². The molecule has 0 radical (unpaired) electrons. The quantitative estimate of drug-likeness (QED) is 0.145. The van der Waals surface area contributed by atoms with Crippen molar-refractivity contribution in [1.82, 2.24) is 10.6 Å². The molecule has 0 spiro atoms. The number of nitrogens with one attached hydrogen (secondary N) is 3. The van der Waals surface area contributed by atoms with Gasteiger partial charge in [-0.25, -0.2) is 4.79 Å². The fraction of sp³-hybridized carbons (Fsp3) is 0.258. The maximum absolute atomic E-state index is 13.0. The highest BCUT2D eigenvalue weighted by atomic mass is 16.5. The van der Waals surface area contributed by atoms with Gasteiger partial charge in [-0.1, -0.05) is 60.7 Å². The summed E-state index contributed by atoms with van der Waals surface area (Å²) in [5, 5.41) is 16.8. The van der Waals surface area contributed by atoms with E-state index in [4.69, 9.17) is 21.3 Å². The Morgan fingerprint density at radius 1 is 0.884 bits per heavy atom. The van der Waals surface area contributed by atoms with E-state index in [2.05, 4.69) is 16.0 Å². The van der Waals surface area contributed by atoms with Crippen molar-refractivity contribution in [3.8, 4) is 11.1 Å². The predicted molar refractivity (Wildman–Crippen MR) is 160 cm³/mol. The number of anilines is 1. The number of carboxylic acids is 1. The zero-order chi connectivity index (χ0) is 31.2. The van der Waals surface area contributed by atoms with Gasteiger partial charge in [0.05, 0.1) is 12.5 Å². The van der Waals surface area contributed by atoms with Gasteiger partial charge in [-0.05, 0) is 54.2 Å². The third-order valence-electron chi connectivity index (χ3n) is 6.40. The first kappa shape index (κ1) is 32.3. The average molecular weight is 590 g/mol. The molecule has 0 bridgehead atoms. The molecule has 0 aliphatic rings. The molecule has 2 atom stereocenters. The summed E-state index contributed by atoms with van der Waals surface area (Å²) in [7, 11) is 0. The van der Waals surface area contributed by atoms with Crippen LogP contribution in [-0.4, -0.2) is 53.5 Å². The van der Waals surface area contributed by atoms with Gasteiger partial charge >= 0.3 is 12.1 Å². The summed E-state index contributed by atoms with van der Waals surface area (Å²) in [5.41, 5.74) is 13.9. The van der Waals surface area contributed by atoms with Crippen molar-refractivity contribution in [3.05, 3.63) is 90.0 Å². The number of hydrogen-bond acceptors (Lipinski definition) is 7. The SMILES string of the molecule is NC(=O)C(CC(=O)O)NC(=O)c1ccc(NC(=O)C(N)CCCCNC(=O)OCc2ccccc2)cc1-c1ccccc1. The zero-order valence-corrected chi connectivity index (χ0v) is 23.5. The lowest BCUT2D eigenvalue weighted by atomic mass is 9.97. The molecule has 0 aromatic heterocycles. The molecule has 0 saturated carbocycles. The normalized spacial score (nSPS) is 11.9. The number of hydrogen-bond donors (Lipinski definition) is 6. The molecule has 0 heterocycles. The van der Waals surface area contributed by atoms with Crippen LogP contribution in [0.2, 0.25) is 0 Å². The molecular formula is C31H35N5O7. The second kappa shape index (κ2) is 16.3. The molecule has 0 aliphatic carbocycles. The van der Waals surface area contributed by atoms with Crippen LogP contribution >= 0.6 is 0 Å². The monoisotopic (exact) mass is 589 g/mol. The second-order valence-electron chi connectivity index (χ2n) is 9.73. The third kappa shape index (κ3) is 10.6. The summed E-state index contributed by atoms with van der Waals surface area (Å²) in [6.45, 7) is 0.545. The first-order valence-corrected chi connectivity index (χ1v) is 13.7. The van der Waals surface area contributed by atoms with Gasteiger partial charge in [0.15, 0.2) is 0 Å². The molecular weight excluding hydrogens is 554 g/mol. The van der Waals surface area contributed by atoms with E-state index in [0.717, 1.165) is 5.56 Å². The van der Waals surface area contributed by atoms with E-state index in [-0.39, 0.29) is 12.2 Å². The van der Waals surface area contributed by atoms with Gasteiger partial charge in [0.1, 0.15) is 12.6 Å². The number of benzene rings is 3. The van der Waals surface area contributed by atoms with Gasteiger partial charge in [0, 0.05) is 17.8 Å². The average Bonchev–Trinajstić information content (AvgIpc) is 3.00. The van der Waals surface area contributed by atoms with E-state index in [1.807, 2.05) is 30.3 Å². The first-order valence-electron chi connectivity index (χ1n) is 13.7. The molecule has 3 aromatic carbocycles. The number of alkyl carbamates (subject to hydrolysis) is 1. The van der Waals surface area contributed by atoms with Crippen LogP contribution in [-0.2, 0) is 25.7 Å². The van der Waals surface area contributed by atoms with E-state index < -0.39 is 48.3 Å². The van der Waals surface area contributed by atoms with Crippen molar-refractivity contribution in [2.24, 2.45) is 11.5 Å². The van der Waals surface area contributed by atoms with Gasteiger partial charge in [0.2, 0.25) is 11.8 Å². The van der Waals surface area contributed by atoms with Crippen molar-refractivity contribution in [2.75, 3.05) is 11.9 Å². The summed E-state index contributed by atoms with van der Waals surface area (Å²) < 4.78 is 5.16. The fourth-order valence-corrected chi connectivity index (χ4v) is 4.13. The van der Waals surface area contributed by atoms with Crippen LogP contribution in [0, 0.1) is 0 Å². The summed E-state index contributed by atoms with van der Waals surface area (Å²) in [6.07, 6.45) is 0.361. The molecule has 8 N–H and O–H groups in total. The minimum atomic E-state index is -1.40. The van der Waals surface area contributed by atoms with Gasteiger partial charge in [-0.2, -0.15) is 0 Å². The Bertz CT molecular complexity index is 1420. The molecule has 43 heavy (non-hydrogen) atoms. The van der Waals surface area contributed by atoms with Crippen molar-refractivity contribution in [2.45, 2.75) is 44.4 Å². The van der Waals surface area contributed by atoms with Gasteiger partial charge in [-0.15, -0.1) is 0 Å². The number of carbonyl (C=O) groups is 5. The summed E-state index contributed by atoms with van der Waals surface area (Å²) in [6, 6.07) is 20.5. The Balaban J connectivity index is 1.55. The van der Waals surface area contributed by atoms with E-state index in [1.165, 1.54) is 12.1 Å². The first-order chi connectivity index (χ1) is 20.6. The van der Waals surface area contributed by atoms with E-state index >= 15 is 0 Å². The van der Waals surface area contributed by atoms with Crippen LogP contribution in [0.1, 0.15) is 41.6 Å². The predicted octanol–water partition coefficient (Wildman–Crippen LogP) is 2.77. The molecule has 2 unspecified atom stereocenters. The van der Waals surface area contributed by atoms with Crippen LogP contribution < -0.4 is 27.4 Å². The Morgan fingerprint density at radius 2 is 1.56 bits per heavy atom. The Labute approximate surface area is 248 Å². The summed E-state index contributed by atoms with van der Waals surface area (Å²) in [4.78, 5) is 60.4. The van der Waals surface area contributed by atoms with Crippen molar-refractivity contribution >= 4 is 35.5 Å². The maximum atomic E-state index is 13.0. The number of unbranched alkanes of at least 4 members (excludes halogenated alkanes) is 1. The lowest BCUT2D eigenvalue weighted by Gasteiger charge is -2.17. The van der Waals surface area contributed by atoms with Gasteiger partial charge in [-0.3, -0.25) is 19.2 Å². The molecule has 0 aliphatic heterocycles. The van der Waals surface area contributed by atoms with Gasteiger partial charge < -0.3 is 37.3 Å². The molecule has 0 fully saturated rings. The molecule has 3 rings (SSSR count). The van der Waals surface area contributed by atoms with Crippen LogP contribution in [0.3, 0.4) is 0 Å². The van der Waals surface area contributed by atoms with E-state index in [0.29, 0.717) is 42.6 Å². The number of primary amides is 1. The van der Waals surface area contributed by atoms with Crippen LogP contribution in [0.25, 0.3) is 11.1 Å². The third-order valence-corrected chi connectivity index (χ3v) is 6.40. The molecule has 226 valence electrons. The van der Waals surface area contributed by atoms with Gasteiger partial charge in [0.25, 0.3) is 5.91 Å². The Morgan fingerprint density at radius 3 is 2.21 bits per heavy atom. The van der Waals surface area contributed by atoms with Crippen LogP contribution in [0.4, 0.5) is 10.5 Å². The number of nitrogens with two attached hydrogens (primary N) is 2. The van der Waals surface area contributed by atoms with Crippen molar-refractivity contribution in [3.63, 3.8) is 0 Å². The minimum absolute atomic E-state index is 0.153. The number of aliphatic carboxylic acids is 1. The number of amides is 4. The molecule has 12 nitrogen and oxygen atoms in total. The van der Waals surface area contributed by atoms with Crippen molar-refractivity contribution in [1.29, 1.82) is 0 Å². The minimum Gasteiger partial charge on any atom is -0.481 e. The number of carboxylic acid groups (broad SMARTS) is 1. The lowest BCUT2D eigenvalue weighted by molar-refractivity contribution is -0.139. The zero-order valence-electron chi connectivity index (χ0n) is 23.5. The topological polar surface area (TPSA) is 203 Å². The van der Waals surface area contributed by atoms with Crippen LogP contribution in [0.15, 0.2) is 78.9 Å². The Kier molecular flexibility index (Phi) is 12.2. The van der Waals surface area contributed by atoms with Crippen molar-refractivity contribution < 1.29 is 33.8 Å². The fourth-order valence-electron chi connectivity index (χ4n) is 4.13. The summed E-state index contributed by atoms with van der Waals surface area (Å²) >= 11 is 0. The van der Waals surface area contributed by atoms with E-state index in [9.17, 15) is 24.0 Å². The number of carbonyl (C=O) groups excluding carboxylic acids is 4. The summed E-state index contributed by atoms with van der Waals surface area (Å²) in [5.74, 6) is -3.40. The largest absolute Gasteiger partial charge is 0.481 e. The molecule has 0 saturated heterocycles. The highest BCUT2D eigenvalue weighted by Gasteiger charge is 2.24. The highest BCUT2D eigenvalue weighted by molar-refractivity contribution is 6.04. The number of rotatable bonds is 15. The van der Waals surface area contributed by atoms with E-state index in [1.54, 1.807) is 36.4 Å². The smallest absolute Gasteiger partial charge is 0.407 e. The second-order valence-corrected chi connectivity index (χ2v) is 9.73.